The third-order valence-corrected chi connectivity index (χ3v) is 4.30. The van der Waals surface area contributed by atoms with Crippen LogP contribution in [0.15, 0.2) is 109 Å². The number of aliphatic carboxylic acids is 1. The number of carboxylic acid groups (broad SMARTS) is 1. The van der Waals surface area contributed by atoms with Crippen molar-refractivity contribution < 1.29 is 14.6 Å². The summed E-state index contributed by atoms with van der Waals surface area (Å²) < 4.78 is 4.90. The van der Waals surface area contributed by atoms with Crippen LogP contribution in [0.1, 0.15) is 24.0 Å². The van der Waals surface area contributed by atoms with Gasteiger partial charge in [-0.1, -0.05) is 104 Å². The highest BCUT2D eigenvalue weighted by molar-refractivity contribution is 5.85. The van der Waals surface area contributed by atoms with Crippen molar-refractivity contribution in [3.8, 4) is 0 Å². The zero-order chi connectivity index (χ0) is 21.6. The van der Waals surface area contributed by atoms with Gasteiger partial charge in [0.15, 0.2) is 0 Å². The van der Waals surface area contributed by atoms with Crippen LogP contribution in [-0.2, 0) is 9.53 Å². The zero-order valence-corrected chi connectivity index (χ0v) is 17.1. The molecular formula is C27H28O3. The van der Waals surface area contributed by atoms with Crippen LogP contribution >= 0.6 is 0 Å². The van der Waals surface area contributed by atoms with Gasteiger partial charge in [-0.3, -0.25) is 0 Å². The number of epoxide rings is 1. The SMILES string of the molecule is C=C(CCC1CO1)C(=O)O.C=CC=CC(C=Cc1ccccc1)=Cc1ccccc1. The van der Waals surface area contributed by atoms with E-state index >= 15 is 0 Å². The van der Waals surface area contributed by atoms with Gasteiger partial charge in [-0.2, -0.15) is 0 Å². The third kappa shape index (κ3) is 9.67. The fourth-order valence-electron chi connectivity index (χ4n) is 2.51. The quantitative estimate of drug-likeness (QED) is 0.304. The van der Waals surface area contributed by atoms with Crippen LogP contribution in [0.5, 0.6) is 0 Å². The standard InChI is InChI=1S/C20H18.C7H10O3/c1-2-3-10-20(17-19-13-8-5-9-14-19)16-15-18-11-6-4-7-12-18;1-5(7(8)9)2-3-6-4-10-6/h2-17H,1H2;6H,1-4H2,(H,8,9). The minimum atomic E-state index is -0.902. The molecule has 2 aromatic rings. The molecular weight excluding hydrogens is 372 g/mol. The van der Waals surface area contributed by atoms with Crippen LogP contribution in [0, 0.1) is 0 Å². The molecule has 0 radical (unpaired) electrons. The first-order valence-corrected chi connectivity index (χ1v) is 9.90. The summed E-state index contributed by atoms with van der Waals surface area (Å²) in [6.07, 6.45) is 13.8. The van der Waals surface area contributed by atoms with E-state index in [4.69, 9.17) is 9.84 Å². The highest BCUT2D eigenvalue weighted by Crippen LogP contribution is 2.17. The van der Waals surface area contributed by atoms with E-state index in [1.807, 2.05) is 42.5 Å². The second-order valence-electron chi connectivity index (χ2n) is 6.80. The normalized spacial score (nSPS) is 15.5. The van der Waals surface area contributed by atoms with Gasteiger partial charge in [0.05, 0.1) is 12.7 Å². The van der Waals surface area contributed by atoms with Gasteiger partial charge in [0.1, 0.15) is 0 Å². The van der Waals surface area contributed by atoms with E-state index < -0.39 is 5.97 Å². The van der Waals surface area contributed by atoms with Gasteiger partial charge in [-0.25, -0.2) is 4.79 Å². The third-order valence-electron chi connectivity index (χ3n) is 4.30. The maximum Gasteiger partial charge on any atom is 0.330 e. The maximum absolute atomic E-state index is 10.2. The summed E-state index contributed by atoms with van der Waals surface area (Å²) >= 11 is 0. The fraction of sp³-hybridized carbons (Fsp3) is 0.148. The Hall–Kier alpha value is -3.43. The number of carbonyl (C=O) groups is 1. The Morgan fingerprint density at radius 2 is 1.63 bits per heavy atom. The van der Waals surface area contributed by atoms with Crippen LogP contribution in [0.2, 0.25) is 0 Å². The highest BCUT2D eigenvalue weighted by Gasteiger charge is 2.22. The summed E-state index contributed by atoms with van der Waals surface area (Å²) in [5, 5.41) is 8.37. The molecule has 30 heavy (non-hydrogen) atoms. The van der Waals surface area contributed by atoms with E-state index in [2.05, 4.69) is 61.7 Å². The van der Waals surface area contributed by atoms with Gasteiger partial charge in [0.25, 0.3) is 0 Å². The summed E-state index contributed by atoms with van der Waals surface area (Å²) in [6.45, 7) is 7.90. The molecule has 0 amide bonds. The Morgan fingerprint density at radius 3 is 2.17 bits per heavy atom. The number of hydrogen-bond donors (Lipinski definition) is 1. The highest BCUT2D eigenvalue weighted by atomic mass is 16.6. The van der Waals surface area contributed by atoms with Crippen molar-refractivity contribution in [2.24, 2.45) is 0 Å². The number of carboxylic acids is 1. The zero-order valence-electron chi connectivity index (χ0n) is 17.1. The second kappa shape index (κ2) is 12.9. The van der Waals surface area contributed by atoms with E-state index in [1.165, 1.54) is 11.1 Å². The summed E-state index contributed by atoms with van der Waals surface area (Å²) in [5.74, 6) is -0.902. The lowest BCUT2D eigenvalue weighted by atomic mass is 10.1. The van der Waals surface area contributed by atoms with Gasteiger partial charge >= 0.3 is 5.97 Å². The Morgan fingerprint density at radius 1 is 1.03 bits per heavy atom. The molecule has 1 unspecified atom stereocenters. The Bertz CT molecular complexity index is 902. The van der Waals surface area contributed by atoms with Gasteiger partial charge < -0.3 is 9.84 Å². The van der Waals surface area contributed by atoms with E-state index in [9.17, 15) is 4.79 Å². The van der Waals surface area contributed by atoms with Crippen molar-refractivity contribution in [3.05, 3.63) is 120 Å². The van der Waals surface area contributed by atoms with Crippen molar-refractivity contribution in [2.75, 3.05) is 6.61 Å². The predicted octanol–water partition coefficient (Wildman–Crippen LogP) is 6.33. The van der Waals surface area contributed by atoms with Gasteiger partial charge in [-0.15, -0.1) is 0 Å². The Labute approximate surface area is 179 Å². The molecule has 0 spiro atoms. The maximum atomic E-state index is 10.2. The van der Waals surface area contributed by atoms with Crippen molar-refractivity contribution in [2.45, 2.75) is 18.9 Å². The largest absolute Gasteiger partial charge is 0.478 e. The minimum Gasteiger partial charge on any atom is -0.478 e. The Balaban J connectivity index is 0.000000269. The van der Waals surface area contributed by atoms with Crippen molar-refractivity contribution in [1.29, 1.82) is 0 Å². The summed E-state index contributed by atoms with van der Waals surface area (Å²) in [4.78, 5) is 10.2. The molecule has 1 atom stereocenters. The van der Waals surface area contributed by atoms with Crippen LogP contribution < -0.4 is 0 Å². The molecule has 3 rings (SSSR count). The average molecular weight is 401 g/mol. The number of benzene rings is 2. The molecule has 154 valence electrons. The first kappa shape index (κ1) is 22.9. The molecule has 2 aromatic carbocycles. The molecule has 1 aliphatic heterocycles. The van der Waals surface area contributed by atoms with E-state index in [-0.39, 0.29) is 5.57 Å². The fourth-order valence-corrected chi connectivity index (χ4v) is 2.51. The molecule has 0 bridgehead atoms. The number of rotatable bonds is 9. The summed E-state index contributed by atoms with van der Waals surface area (Å²) in [7, 11) is 0. The minimum absolute atomic E-state index is 0.274. The molecule has 1 aliphatic rings. The summed E-state index contributed by atoms with van der Waals surface area (Å²) in [5.41, 5.74) is 3.79. The smallest absolute Gasteiger partial charge is 0.330 e. The van der Waals surface area contributed by atoms with Crippen molar-refractivity contribution >= 4 is 18.1 Å². The van der Waals surface area contributed by atoms with E-state index in [0.29, 0.717) is 12.5 Å². The van der Waals surface area contributed by atoms with E-state index in [1.54, 1.807) is 6.08 Å². The van der Waals surface area contributed by atoms with Crippen LogP contribution in [0.4, 0.5) is 0 Å². The summed E-state index contributed by atoms with van der Waals surface area (Å²) in [6, 6.07) is 20.6. The molecule has 1 N–H and O–H groups in total. The monoisotopic (exact) mass is 400 g/mol. The lowest BCUT2D eigenvalue weighted by Gasteiger charge is -1.97. The Kier molecular flexibility index (Phi) is 9.84. The lowest BCUT2D eigenvalue weighted by Crippen LogP contribution is -1.99. The first-order chi connectivity index (χ1) is 14.6. The molecule has 0 aliphatic carbocycles. The molecule has 1 heterocycles. The molecule has 0 aromatic heterocycles. The second-order valence-corrected chi connectivity index (χ2v) is 6.80. The number of hydrogen-bond acceptors (Lipinski definition) is 2. The first-order valence-electron chi connectivity index (χ1n) is 9.90. The topological polar surface area (TPSA) is 49.8 Å². The van der Waals surface area contributed by atoms with Crippen LogP contribution in [-0.4, -0.2) is 23.8 Å². The molecule has 1 saturated heterocycles. The van der Waals surface area contributed by atoms with E-state index in [0.717, 1.165) is 18.6 Å². The molecule has 1 fully saturated rings. The number of allylic oxidation sites excluding steroid dienone is 5. The average Bonchev–Trinajstić information content (AvgIpc) is 3.60. The van der Waals surface area contributed by atoms with Gasteiger partial charge in [0, 0.05) is 5.57 Å². The van der Waals surface area contributed by atoms with Crippen LogP contribution in [0.25, 0.3) is 12.2 Å². The predicted molar refractivity (Wildman–Crippen MR) is 125 cm³/mol. The van der Waals surface area contributed by atoms with Crippen molar-refractivity contribution in [3.63, 3.8) is 0 Å². The van der Waals surface area contributed by atoms with Crippen molar-refractivity contribution in [1.82, 2.24) is 0 Å². The molecule has 3 nitrogen and oxygen atoms in total. The lowest BCUT2D eigenvalue weighted by molar-refractivity contribution is -0.132. The van der Waals surface area contributed by atoms with Gasteiger partial charge in [-0.05, 0) is 35.6 Å². The number of ether oxygens (including phenoxy) is 1. The van der Waals surface area contributed by atoms with Gasteiger partial charge in [0.2, 0.25) is 0 Å². The molecule has 0 saturated carbocycles. The van der Waals surface area contributed by atoms with Crippen LogP contribution in [0.3, 0.4) is 0 Å². The molecule has 3 heteroatoms.